The van der Waals surface area contributed by atoms with Gasteiger partial charge in [0.25, 0.3) is 6.85 Å². The lowest BCUT2D eigenvalue weighted by atomic mass is 9.44. The van der Waals surface area contributed by atoms with Crippen LogP contribution in [0.3, 0.4) is 0 Å². The monoisotopic (exact) mass is 256 g/mol. The smallest absolute Gasteiger partial charge is 0.253 e. The Balaban J connectivity index is 1.63. The van der Waals surface area contributed by atoms with Crippen molar-refractivity contribution in [3.63, 3.8) is 0 Å². The fraction of sp³-hybridized carbons (Fsp3) is 0.533. The first-order valence-electron chi connectivity index (χ1n) is 7.19. The van der Waals surface area contributed by atoms with Crippen molar-refractivity contribution in [1.29, 1.82) is 0 Å². The molecule has 2 heterocycles. The number of aromatic nitrogens is 1. The van der Waals surface area contributed by atoms with Crippen molar-refractivity contribution in [3.05, 3.63) is 36.0 Å². The number of methoxy groups -OCH3 is 1. The first-order chi connectivity index (χ1) is 9.33. The largest absolute Gasteiger partial charge is 0.413 e. The third-order valence-corrected chi connectivity index (χ3v) is 4.21. The van der Waals surface area contributed by atoms with Crippen LogP contribution in [0.25, 0.3) is 0 Å². The van der Waals surface area contributed by atoms with Crippen LogP contribution in [0.15, 0.2) is 36.0 Å². The highest BCUT2D eigenvalue weighted by molar-refractivity contribution is 6.62. The molecule has 100 valence electrons. The summed E-state index contributed by atoms with van der Waals surface area (Å²) in [5.41, 5.74) is 1.50. The van der Waals surface area contributed by atoms with E-state index in [1.165, 1.54) is 31.1 Å². The van der Waals surface area contributed by atoms with Gasteiger partial charge >= 0.3 is 0 Å². The Bertz CT molecular complexity index is 449. The molecule has 2 bridgehead atoms. The van der Waals surface area contributed by atoms with Crippen molar-refractivity contribution in [1.82, 2.24) is 4.98 Å². The van der Waals surface area contributed by atoms with Gasteiger partial charge in [-0.2, -0.15) is 0 Å². The maximum absolute atomic E-state index is 5.28. The molecule has 3 nitrogen and oxygen atoms in total. The molecule has 1 N–H and O–H groups in total. The quantitative estimate of drug-likeness (QED) is 0.664. The molecule has 1 saturated heterocycles. The average molecular weight is 256 g/mol. The van der Waals surface area contributed by atoms with Gasteiger partial charge < -0.3 is 9.96 Å². The minimum Gasteiger partial charge on any atom is -0.413 e. The fourth-order valence-corrected chi connectivity index (χ4v) is 3.63. The van der Waals surface area contributed by atoms with E-state index in [0.717, 1.165) is 24.3 Å². The number of ether oxygens (including phenoxy) is 1. The molecule has 19 heavy (non-hydrogen) atoms. The summed E-state index contributed by atoms with van der Waals surface area (Å²) >= 11 is 0. The van der Waals surface area contributed by atoms with Crippen LogP contribution in [0.4, 0.5) is 5.82 Å². The lowest BCUT2D eigenvalue weighted by Gasteiger charge is -2.36. The van der Waals surface area contributed by atoms with E-state index in [2.05, 4.69) is 22.4 Å². The second-order valence-corrected chi connectivity index (χ2v) is 5.85. The normalized spacial score (nSPS) is 25.9. The number of rotatable bonds is 4. The Morgan fingerprint density at radius 3 is 3.11 bits per heavy atom. The topological polar surface area (TPSA) is 34.1 Å². The molecule has 2 atom stereocenters. The summed E-state index contributed by atoms with van der Waals surface area (Å²) in [6.07, 6.45) is 9.35. The lowest BCUT2D eigenvalue weighted by Crippen LogP contribution is -2.37. The molecule has 3 rings (SSSR count). The maximum Gasteiger partial charge on any atom is 0.253 e. The van der Waals surface area contributed by atoms with Crippen molar-refractivity contribution < 1.29 is 4.74 Å². The van der Waals surface area contributed by atoms with Gasteiger partial charge in [-0.1, -0.05) is 18.5 Å². The molecule has 1 aliphatic carbocycles. The zero-order valence-corrected chi connectivity index (χ0v) is 11.5. The number of anilines is 1. The van der Waals surface area contributed by atoms with Gasteiger partial charge in [-0.05, 0) is 48.7 Å². The minimum absolute atomic E-state index is 0.569. The predicted molar refractivity (Wildman–Crippen MR) is 79.4 cm³/mol. The van der Waals surface area contributed by atoms with Gasteiger partial charge in [0.05, 0.1) is 6.61 Å². The Kier molecular flexibility index (Phi) is 3.88. The third kappa shape index (κ3) is 3.18. The van der Waals surface area contributed by atoms with Crippen molar-refractivity contribution in [3.8, 4) is 0 Å². The molecular weight excluding hydrogens is 235 g/mol. The van der Waals surface area contributed by atoms with Crippen molar-refractivity contribution in [2.75, 3.05) is 18.9 Å². The van der Waals surface area contributed by atoms with Crippen molar-refractivity contribution in [2.45, 2.75) is 25.5 Å². The number of pyridine rings is 1. The maximum atomic E-state index is 5.28. The Labute approximate surface area is 115 Å². The number of hydrogen-bond acceptors (Lipinski definition) is 3. The first-order valence-corrected chi connectivity index (χ1v) is 7.19. The summed E-state index contributed by atoms with van der Waals surface area (Å²) in [5, 5.41) is 3.58. The van der Waals surface area contributed by atoms with E-state index in [4.69, 9.17) is 4.74 Å². The van der Waals surface area contributed by atoms with Gasteiger partial charge in [-0.25, -0.2) is 4.98 Å². The molecule has 2 aliphatic rings. The van der Waals surface area contributed by atoms with Crippen LogP contribution in [0.1, 0.15) is 12.8 Å². The minimum atomic E-state index is 0.569. The van der Waals surface area contributed by atoms with E-state index in [9.17, 15) is 0 Å². The Morgan fingerprint density at radius 2 is 2.37 bits per heavy atom. The fourth-order valence-electron chi connectivity index (χ4n) is 3.63. The first kappa shape index (κ1) is 12.7. The van der Waals surface area contributed by atoms with Crippen LogP contribution in [0, 0.1) is 11.8 Å². The molecule has 0 radical (unpaired) electrons. The van der Waals surface area contributed by atoms with Gasteiger partial charge in [0.15, 0.2) is 0 Å². The highest BCUT2D eigenvalue weighted by Gasteiger charge is 2.34. The van der Waals surface area contributed by atoms with Crippen LogP contribution in [-0.4, -0.2) is 25.5 Å². The van der Waals surface area contributed by atoms with Gasteiger partial charge in [-0.3, -0.25) is 0 Å². The molecule has 1 aliphatic heterocycles. The average Bonchev–Trinajstić information content (AvgIpc) is 2.39. The van der Waals surface area contributed by atoms with Crippen LogP contribution in [0.2, 0.25) is 12.6 Å². The van der Waals surface area contributed by atoms with Crippen molar-refractivity contribution >= 4 is 12.7 Å². The number of nitrogens with zero attached hydrogens (tertiary/aromatic N) is 1. The van der Waals surface area contributed by atoms with Crippen LogP contribution >= 0.6 is 0 Å². The van der Waals surface area contributed by atoms with E-state index in [-0.39, 0.29) is 0 Å². The van der Waals surface area contributed by atoms with E-state index >= 15 is 0 Å². The molecule has 4 heteroatoms. The highest BCUT2D eigenvalue weighted by Crippen LogP contribution is 2.39. The molecule has 1 aromatic rings. The van der Waals surface area contributed by atoms with Gasteiger partial charge in [-0.15, -0.1) is 0 Å². The van der Waals surface area contributed by atoms with E-state index < -0.39 is 0 Å². The Morgan fingerprint density at radius 1 is 1.42 bits per heavy atom. The summed E-state index contributed by atoms with van der Waals surface area (Å²) in [5.74, 6) is 2.54. The molecule has 0 spiro atoms. The zero-order chi connectivity index (χ0) is 13.1. The van der Waals surface area contributed by atoms with E-state index in [0.29, 0.717) is 6.85 Å². The summed E-state index contributed by atoms with van der Waals surface area (Å²) in [7, 11) is 1.79. The number of fused-ring (bicyclic) bond motifs is 2. The second-order valence-electron chi connectivity index (χ2n) is 5.85. The molecule has 1 fully saturated rings. The SMILES string of the molecule is COCC1=CC2CB(Nc3ccccn3)CC(C1)C2. The molecule has 1 aromatic heterocycles. The number of hydrogen-bond donors (Lipinski definition) is 1. The lowest BCUT2D eigenvalue weighted by molar-refractivity contribution is 0.214. The Hall–Kier alpha value is -1.29. The molecule has 0 saturated carbocycles. The summed E-state index contributed by atoms with van der Waals surface area (Å²) in [6, 6.07) is 6.05. The van der Waals surface area contributed by atoms with Crippen molar-refractivity contribution in [2.24, 2.45) is 11.8 Å². The molecular formula is C15H21BN2O. The van der Waals surface area contributed by atoms with Gasteiger partial charge in [0, 0.05) is 13.3 Å². The van der Waals surface area contributed by atoms with Gasteiger partial charge in [0.1, 0.15) is 5.82 Å². The van der Waals surface area contributed by atoms with Gasteiger partial charge in [0.2, 0.25) is 0 Å². The standard InChI is InChI=1S/C15H21BN2O/c1-19-11-14-7-12-6-13(8-14)10-16(9-12)18-15-4-2-3-5-17-15/h2-5,7,12-13H,6,8-11H2,1H3,(H,17,18). The number of allylic oxidation sites excluding steroid dienone is 1. The molecule has 2 unspecified atom stereocenters. The molecule has 0 amide bonds. The third-order valence-electron chi connectivity index (χ3n) is 4.21. The van der Waals surface area contributed by atoms with E-state index in [1.807, 2.05) is 18.3 Å². The van der Waals surface area contributed by atoms with Crippen LogP contribution < -0.4 is 5.23 Å². The predicted octanol–water partition coefficient (Wildman–Crippen LogP) is 3.10. The second kappa shape index (κ2) is 5.78. The number of nitrogens with one attached hydrogen (secondary N) is 1. The molecule has 0 aromatic carbocycles. The summed E-state index contributed by atoms with van der Waals surface area (Å²) in [6.45, 7) is 1.38. The zero-order valence-electron chi connectivity index (χ0n) is 11.5. The van der Waals surface area contributed by atoms with E-state index in [1.54, 1.807) is 7.11 Å². The van der Waals surface area contributed by atoms with Crippen LogP contribution in [-0.2, 0) is 4.74 Å². The highest BCUT2D eigenvalue weighted by atomic mass is 16.5. The summed E-state index contributed by atoms with van der Waals surface area (Å²) in [4.78, 5) is 4.36. The summed E-state index contributed by atoms with van der Waals surface area (Å²) < 4.78 is 5.28. The van der Waals surface area contributed by atoms with Crippen LogP contribution in [0.5, 0.6) is 0 Å².